The molecule has 1 aromatic heterocycles. The summed E-state index contributed by atoms with van der Waals surface area (Å²) in [5, 5.41) is 36.5. The number of aliphatic carboxylic acids is 1. The molecule has 15 heteroatoms. The van der Waals surface area contributed by atoms with Crippen molar-refractivity contribution in [2.75, 3.05) is 5.32 Å². The summed E-state index contributed by atoms with van der Waals surface area (Å²) in [5.41, 5.74) is 3.90. The summed E-state index contributed by atoms with van der Waals surface area (Å²) in [6.45, 7) is 0. The molecule has 4 aromatic carbocycles. The van der Waals surface area contributed by atoms with E-state index in [4.69, 9.17) is 11.6 Å². The van der Waals surface area contributed by atoms with Gasteiger partial charge < -0.3 is 36.8 Å². The summed E-state index contributed by atoms with van der Waals surface area (Å²) in [6.07, 6.45) is -2.60. The minimum Gasteiger partial charge on any atom is -0.480 e. The Bertz CT molecular complexity index is 2260. The number of amides is 5. The van der Waals surface area contributed by atoms with Crippen LogP contribution in [0.5, 0.6) is 0 Å². The molecule has 2 bridgehead atoms. The molecular weight excluding hydrogens is 794 g/mol. The van der Waals surface area contributed by atoms with Crippen LogP contribution in [-0.4, -0.2) is 76.0 Å². The van der Waals surface area contributed by atoms with Gasteiger partial charge in [-0.25, -0.2) is 4.79 Å². The van der Waals surface area contributed by atoms with E-state index in [-0.39, 0.29) is 31.4 Å². The molecule has 0 saturated carbocycles. The Kier molecular flexibility index (Phi) is 14.2. The van der Waals surface area contributed by atoms with E-state index >= 15 is 0 Å². The molecule has 2 aliphatic heterocycles. The van der Waals surface area contributed by atoms with Gasteiger partial charge in [-0.2, -0.15) is 0 Å². The van der Waals surface area contributed by atoms with Gasteiger partial charge in [-0.05, 0) is 63.5 Å². The molecule has 5 atom stereocenters. The number of rotatable bonds is 8. The van der Waals surface area contributed by atoms with Crippen LogP contribution in [0, 0.1) is 0 Å². The number of carboxylic acid groups (broad SMARTS) is 1. The Morgan fingerprint density at radius 2 is 1.17 bits per heavy atom. The smallest absolute Gasteiger partial charge is 0.326 e. The molecule has 13 nitrogen and oxygen atoms in total. The average molecular weight is 836 g/mol. The maximum Gasteiger partial charge on any atom is 0.326 e. The maximum atomic E-state index is 14.4. The van der Waals surface area contributed by atoms with Gasteiger partial charge in [0, 0.05) is 41.3 Å². The lowest BCUT2D eigenvalue weighted by atomic mass is 9.99. The molecule has 0 saturated heterocycles. The SMILES string of the molecule is O=C1C[C@@H](O)C(=O)Nc2ccc(cc2)C[C@@H](C(=O)O)NC(=O)[C@@H](Cc2ccccc2)NC(=O)[C@H](Cc2ccc(-c3ccc(Cl)cc3)cc2)NC(=O)[C@@H](Cc2cccs2)N1. The summed E-state index contributed by atoms with van der Waals surface area (Å²) < 4.78 is 0. The third-order valence-corrected chi connectivity index (χ3v) is 10.9. The minimum atomic E-state index is -1.78. The lowest BCUT2D eigenvalue weighted by Crippen LogP contribution is -2.59. The zero-order chi connectivity index (χ0) is 41.9. The molecule has 5 aromatic rings. The Morgan fingerprint density at radius 1 is 0.610 bits per heavy atom. The van der Waals surface area contributed by atoms with Crippen molar-refractivity contribution in [2.45, 2.75) is 62.4 Å². The average Bonchev–Trinajstić information content (AvgIpc) is 3.74. The van der Waals surface area contributed by atoms with Crippen molar-refractivity contribution in [2.24, 2.45) is 0 Å². The molecule has 0 unspecified atom stereocenters. The van der Waals surface area contributed by atoms with Crippen LogP contribution in [0.3, 0.4) is 0 Å². The minimum absolute atomic E-state index is 0.00497. The second kappa shape index (κ2) is 19.9. The number of hydrogen-bond donors (Lipinski definition) is 7. The number of carbonyl (C=O) groups is 6. The van der Waals surface area contributed by atoms with Crippen molar-refractivity contribution in [1.29, 1.82) is 0 Å². The van der Waals surface area contributed by atoms with Crippen LogP contribution in [-0.2, 0) is 54.5 Å². The quantitative estimate of drug-likeness (QED) is 0.113. The standard InChI is InChI=1S/C44H42ClN5O8S/c45-31-16-14-30(15-17-31)29-12-8-27(9-13-29)22-35-40(53)48-34(21-26-5-2-1-3-6-26)41(54)50-37(44(57)58)23-28-10-18-32(19-11-28)46-43(56)38(51)25-39(52)47-36(42(55)49-35)24-33-7-4-20-59-33/h1-20,34-38,51H,21-25H2,(H,46,56)(H,47,52)(H,48,53)(H,49,55)(H,50,54)(H,57,58)/t34-,35+,36-,37+,38-/m1/s1. The van der Waals surface area contributed by atoms with E-state index in [0.717, 1.165) is 16.0 Å². The highest BCUT2D eigenvalue weighted by Crippen LogP contribution is 2.23. The molecule has 59 heavy (non-hydrogen) atoms. The topological polar surface area (TPSA) is 203 Å². The number of aliphatic hydroxyl groups excluding tert-OH is 1. The van der Waals surface area contributed by atoms with Crippen molar-refractivity contribution in [3.05, 3.63) is 147 Å². The first-order chi connectivity index (χ1) is 28.4. The molecule has 0 radical (unpaired) electrons. The normalized spacial score (nSPS) is 20.9. The Labute approximate surface area is 349 Å². The van der Waals surface area contributed by atoms with Gasteiger partial charge >= 0.3 is 5.97 Å². The van der Waals surface area contributed by atoms with E-state index in [1.807, 2.05) is 24.3 Å². The third kappa shape index (κ3) is 12.1. The molecular formula is C44H42ClN5O8S. The lowest BCUT2D eigenvalue weighted by Gasteiger charge is -2.26. The van der Waals surface area contributed by atoms with E-state index in [1.165, 1.54) is 23.5 Å². The lowest BCUT2D eigenvalue weighted by molar-refractivity contribution is -0.142. The Morgan fingerprint density at radius 3 is 1.75 bits per heavy atom. The number of carboxylic acids is 1. The van der Waals surface area contributed by atoms with Crippen molar-refractivity contribution in [3.63, 3.8) is 0 Å². The van der Waals surface area contributed by atoms with E-state index < -0.39 is 72.2 Å². The highest BCUT2D eigenvalue weighted by molar-refractivity contribution is 7.09. The predicted octanol–water partition coefficient (Wildman–Crippen LogP) is 4.07. The van der Waals surface area contributed by atoms with Gasteiger partial charge in [0.05, 0.1) is 6.42 Å². The third-order valence-electron chi connectivity index (χ3n) is 9.71. The van der Waals surface area contributed by atoms with Crippen LogP contribution in [0.25, 0.3) is 11.1 Å². The number of thiophene rings is 1. The largest absolute Gasteiger partial charge is 0.480 e. The summed E-state index contributed by atoms with van der Waals surface area (Å²) in [7, 11) is 0. The fourth-order valence-corrected chi connectivity index (χ4v) is 7.42. The molecule has 7 N–H and O–H groups in total. The van der Waals surface area contributed by atoms with Crippen LogP contribution in [0.15, 0.2) is 121 Å². The van der Waals surface area contributed by atoms with Crippen LogP contribution in [0.2, 0.25) is 5.02 Å². The summed E-state index contributed by atoms with van der Waals surface area (Å²) in [5.74, 6) is -5.22. The first kappa shape index (κ1) is 42.3. The van der Waals surface area contributed by atoms with Gasteiger partial charge in [-0.3, -0.25) is 24.0 Å². The number of halogens is 1. The molecule has 5 amide bonds. The van der Waals surface area contributed by atoms with Crippen LogP contribution in [0.4, 0.5) is 5.69 Å². The molecule has 0 aliphatic carbocycles. The number of aliphatic hydroxyl groups is 1. The van der Waals surface area contributed by atoms with Gasteiger partial charge in [0.1, 0.15) is 30.3 Å². The first-order valence-electron chi connectivity index (χ1n) is 18.8. The predicted molar refractivity (Wildman–Crippen MR) is 224 cm³/mol. The van der Waals surface area contributed by atoms with Crippen molar-refractivity contribution in [1.82, 2.24) is 21.3 Å². The Hall–Kier alpha value is -6.35. The number of benzene rings is 4. The van der Waals surface area contributed by atoms with Gasteiger partial charge in [-0.15, -0.1) is 11.3 Å². The second-order valence-electron chi connectivity index (χ2n) is 14.1. The highest BCUT2D eigenvalue weighted by atomic mass is 35.5. The van der Waals surface area contributed by atoms with E-state index in [1.54, 1.807) is 84.2 Å². The number of anilines is 1. The van der Waals surface area contributed by atoms with Gasteiger partial charge in [0.2, 0.25) is 23.6 Å². The van der Waals surface area contributed by atoms with Gasteiger partial charge in [-0.1, -0.05) is 96.5 Å². The van der Waals surface area contributed by atoms with E-state index in [9.17, 15) is 39.0 Å². The second-order valence-corrected chi connectivity index (χ2v) is 15.6. The fourth-order valence-electron chi connectivity index (χ4n) is 6.54. The monoisotopic (exact) mass is 835 g/mol. The van der Waals surface area contributed by atoms with Crippen LogP contribution >= 0.6 is 22.9 Å². The van der Waals surface area contributed by atoms with Crippen molar-refractivity contribution in [3.8, 4) is 11.1 Å². The van der Waals surface area contributed by atoms with Gasteiger partial charge in [0.15, 0.2) is 0 Å². The molecule has 3 heterocycles. The molecule has 0 fully saturated rings. The van der Waals surface area contributed by atoms with Crippen LogP contribution in [0.1, 0.15) is 28.0 Å². The fraction of sp³-hybridized carbons (Fsp3) is 0.227. The molecule has 0 spiro atoms. The molecule has 2 aliphatic rings. The Balaban J connectivity index is 1.35. The number of fused-ring (bicyclic) bond motifs is 18. The first-order valence-corrected chi connectivity index (χ1v) is 20.1. The van der Waals surface area contributed by atoms with Gasteiger partial charge in [0.25, 0.3) is 5.91 Å². The molecule has 7 rings (SSSR count). The summed E-state index contributed by atoms with van der Waals surface area (Å²) >= 11 is 7.43. The van der Waals surface area contributed by atoms with E-state index in [2.05, 4.69) is 26.6 Å². The summed E-state index contributed by atoms with van der Waals surface area (Å²) in [4.78, 5) is 82.0. The zero-order valence-corrected chi connectivity index (χ0v) is 33.2. The van der Waals surface area contributed by atoms with Crippen molar-refractivity contribution < 1.29 is 39.0 Å². The zero-order valence-electron chi connectivity index (χ0n) is 31.6. The number of nitrogens with one attached hydrogen (secondary N) is 5. The number of hydrogen-bond acceptors (Lipinski definition) is 8. The number of carbonyl (C=O) groups excluding carboxylic acids is 5. The van der Waals surface area contributed by atoms with E-state index in [0.29, 0.717) is 21.7 Å². The van der Waals surface area contributed by atoms with Crippen molar-refractivity contribution >= 4 is 64.1 Å². The summed E-state index contributed by atoms with van der Waals surface area (Å²) in [6, 6.07) is 28.0. The van der Waals surface area contributed by atoms with Crippen LogP contribution < -0.4 is 26.6 Å². The highest BCUT2D eigenvalue weighted by Gasteiger charge is 2.33. The molecule has 304 valence electrons. The maximum absolute atomic E-state index is 14.4.